The molecule has 2 heterocycles. The molecule has 4 nitrogen and oxygen atoms in total. The number of likely N-dealkylation sites (tertiary alicyclic amines) is 1. The summed E-state index contributed by atoms with van der Waals surface area (Å²) in [7, 11) is 0. The summed E-state index contributed by atoms with van der Waals surface area (Å²) in [6.07, 6.45) is 4.03. The molecular weight excluding hydrogens is 262 g/mol. The molecule has 21 heavy (non-hydrogen) atoms. The van der Waals surface area contributed by atoms with Gasteiger partial charge in [-0.1, -0.05) is 13.3 Å². The number of aryl methyl sites for hydroxylation is 2. The van der Waals surface area contributed by atoms with E-state index in [1.54, 1.807) is 0 Å². The minimum absolute atomic E-state index is 0.731. The molecule has 1 aliphatic rings. The van der Waals surface area contributed by atoms with E-state index in [-0.39, 0.29) is 0 Å². The maximum atomic E-state index is 6.01. The minimum atomic E-state index is 0.731. The van der Waals surface area contributed by atoms with Crippen LogP contribution in [0, 0.1) is 13.8 Å². The Bertz CT molecular complexity index is 442. The van der Waals surface area contributed by atoms with Gasteiger partial charge in [0.2, 0.25) is 5.88 Å². The van der Waals surface area contributed by atoms with E-state index in [1.807, 2.05) is 6.92 Å². The molecule has 0 aromatic carbocycles. The smallest absolute Gasteiger partial charge is 0.218 e. The fourth-order valence-corrected chi connectivity index (χ4v) is 2.87. The van der Waals surface area contributed by atoms with Crippen molar-refractivity contribution in [3.05, 3.63) is 22.9 Å². The molecule has 0 bridgehead atoms. The van der Waals surface area contributed by atoms with Crippen LogP contribution in [0.4, 0.5) is 0 Å². The summed E-state index contributed by atoms with van der Waals surface area (Å²) in [5.41, 5.74) is 3.48. The summed E-state index contributed by atoms with van der Waals surface area (Å²) < 4.78 is 6.01. The highest BCUT2D eigenvalue weighted by atomic mass is 16.5. The molecular formula is C17H29N3O. The van der Waals surface area contributed by atoms with Crippen LogP contribution in [0.3, 0.4) is 0 Å². The lowest BCUT2D eigenvalue weighted by atomic mass is 10.1. The predicted molar refractivity (Wildman–Crippen MR) is 86.9 cm³/mol. The fourth-order valence-electron chi connectivity index (χ4n) is 2.87. The average molecular weight is 291 g/mol. The monoisotopic (exact) mass is 291 g/mol. The van der Waals surface area contributed by atoms with Crippen molar-refractivity contribution in [2.24, 2.45) is 0 Å². The second-order valence-corrected chi connectivity index (χ2v) is 5.90. The quantitative estimate of drug-likeness (QED) is 0.838. The van der Waals surface area contributed by atoms with Gasteiger partial charge in [0.05, 0.1) is 0 Å². The van der Waals surface area contributed by atoms with Crippen molar-refractivity contribution in [2.75, 3.05) is 32.8 Å². The summed E-state index contributed by atoms with van der Waals surface area (Å²) in [4.78, 5) is 7.08. The van der Waals surface area contributed by atoms with Crippen LogP contribution >= 0.6 is 0 Å². The van der Waals surface area contributed by atoms with Crippen LogP contribution in [-0.4, -0.2) is 42.7 Å². The Labute approximate surface area is 128 Å². The number of piperidine rings is 1. The first kappa shape index (κ1) is 16.2. The third-order valence-corrected chi connectivity index (χ3v) is 4.08. The first-order valence-corrected chi connectivity index (χ1v) is 8.23. The lowest BCUT2D eigenvalue weighted by Gasteiger charge is -2.26. The van der Waals surface area contributed by atoms with Crippen molar-refractivity contribution in [1.29, 1.82) is 0 Å². The van der Waals surface area contributed by atoms with Gasteiger partial charge in [0.25, 0.3) is 0 Å². The van der Waals surface area contributed by atoms with E-state index in [1.165, 1.54) is 43.5 Å². The second-order valence-electron chi connectivity index (χ2n) is 5.90. The van der Waals surface area contributed by atoms with Crippen molar-refractivity contribution in [1.82, 2.24) is 15.2 Å². The molecule has 1 aliphatic heterocycles. The summed E-state index contributed by atoms with van der Waals surface area (Å²) >= 11 is 0. The Morgan fingerprint density at radius 2 is 2.00 bits per heavy atom. The maximum Gasteiger partial charge on any atom is 0.218 e. The first-order valence-electron chi connectivity index (χ1n) is 8.23. The van der Waals surface area contributed by atoms with Gasteiger partial charge in [0.1, 0.15) is 6.61 Å². The molecule has 2 rings (SSSR count). The highest BCUT2D eigenvalue weighted by Gasteiger charge is 2.12. The zero-order valence-corrected chi connectivity index (χ0v) is 13.7. The van der Waals surface area contributed by atoms with Gasteiger partial charge in [-0.05, 0) is 58.0 Å². The Kier molecular flexibility index (Phi) is 6.46. The lowest BCUT2D eigenvalue weighted by Crippen LogP contribution is -2.33. The van der Waals surface area contributed by atoms with Crippen LogP contribution < -0.4 is 10.1 Å². The third-order valence-electron chi connectivity index (χ3n) is 4.08. The number of rotatable bonds is 7. The molecule has 1 aromatic heterocycles. The van der Waals surface area contributed by atoms with E-state index in [0.717, 1.165) is 37.8 Å². The summed E-state index contributed by atoms with van der Waals surface area (Å²) in [5.74, 6) is 0.811. The Balaban J connectivity index is 1.93. The van der Waals surface area contributed by atoms with Crippen molar-refractivity contribution in [2.45, 2.75) is 46.6 Å². The molecule has 0 amide bonds. The van der Waals surface area contributed by atoms with E-state index >= 15 is 0 Å². The summed E-state index contributed by atoms with van der Waals surface area (Å²) in [5, 5.41) is 3.37. The number of nitrogens with one attached hydrogen (secondary N) is 1. The lowest BCUT2D eigenvalue weighted by molar-refractivity contribution is 0.179. The molecule has 0 saturated carbocycles. The molecule has 4 heteroatoms. The van der Waals surface area contributed by atoms with Crippen molar-refractivity contribution < 1.29 is 4.74 Å². The number of ether oxygens (including phenoxy) is 1. The normalized spacial score (nSPS) is 16.1. The molecule has 0 atom stereocenters. The maximum absolute atomic E-state index is 6.01. The molecule has 0 unspecified atom stereocenters. The zero-order valence-electron chi connectivity index (χ0n) is 13.7. The van der Waals surface area contributed by atoms with Gasteiger partial charge in [-0.15, -0.1) is 0 Å². The van der Waals surface area contributed by atoms with Crippen LogP contribution in [0.2, 0.25) is 0 Å². The number of hydrogen-bond acceptors (Lipinski definition) is 4. The van der Waals surface area contributed by atoms with Gasteiger partial charge in [0.15, 0.2) is 0 Å². The Morgan fingerprint density at radius 3 is 2.71 bits per heavy atom. The third kappa shape index (κ3) is 4.97. The zero-order chi connectivity index (χ0) is 15.1. The van der Waals surface area contributed by atoms with Crippen molar-refractivity contribution in [3.8, 4) is 5.88 Å². The van der Waals surface area contributed by atoms with E-state index < -0.39 is 0 Å². The van der Waals surface area contributed by atoms with E-state index in [0.29, 0.717) is 0 Å². The molecule has 1 aromatic rings. The molecule has 1 N–H and O–H groups in total. The van der Waals surface area contributed by atoms with Crippen molar-refractivity contribution in [3.63, 3.8) is 0 Å². The van der Waals surface area contributed by atoms with Gasteiger partial charge in [0, 0.05) is 24.3 Å². The van der Waals surface area contributed by atoms with E-state index in [4.69, 9.17) is 4.74 Å². The standard InChI is InChI=1S/C17H29N3O/c1-4-18-13-16-14(2)12-15(3)19-17(16)21-11-10-20-8-6-5-7-9-20/h12,18H,4-11,13H2,1-3H3. The molecule has 0 radical (unpaired) electrons. The predicted octanol–water partition coefficient (Wildman–Crippen LogP) is 2.67. The van der Waals surface area contributed by atoms with Crippen molar-refractivity contribution >= 4 is 0 Å². The summed E-state index contributed by atoms with van der Waals surface area (Å²) in [6, 6.07) is 2.13. The number of hydrogen-bond donors (Lipinski definition) is 1. The highest BCUT2D eigenvalue weighted by Crippen LogP contribution is 2.21. The second kappa shape index (κ2) is 8.35. The van der Waals surface area contributed by atoms with Gasteiger partial charge < -0.3 is 10.1 Å². The molecule has 1 fully saturated rings. The largest absolute Gasteiger partial charge is 0.476 e. The van der Waals surface area contributed by atoms with Gasteiger partial charge in [-0.3, -0.25) is 4.90 Å². The topological polar surface area (TPSA) is 37.4 Å². The average Bonchev–Trinajstić information content (AvgIpc) is 2.47. The Hall–Kier alpha value is -1.13. The molecule has 0 aliphatic carbocycles. The van der Waals surface area contributed by atoms with Gasteiger partial charge in [-0.25, -0.2) is 4.98 Å². The van der Waals surface area contributed by atoms with E-state index in [9.17, 15) is 0 Å². The SMILES string of the molecule is CCNCc1c(C)cc(C)nc1OCCN1CCCCC1. The molecule has 118 valence electrons. The van der Waals surface area contributed by atoms with Crippen LogP contribution in [0.25, 0.3) is 0 Å². The fraction of sp³-hybridized carbons (Fsp3) is 0.706. The number of pyridine rings is 1. The number of nitrogens with zero attached hydrogens (tertiary/aromatic N) is 2. The van der Waals surface area contributed by atoms with Crippen LogP contribution in [-0.2, 0) is 6.54 Å². The molecule has 0 spiro atoms. The Morgan fingerprint density at radius 1 is 1.24 bits per heavy atom. The summed E-state index contributed by atoms with van der Waals surface area (Å²) in [6.45, 7) is 12.2. The van der Waals surface area contributed by atoms with Crippen LogP contribution in [0.15, 0.2) is 6.07 Å². The molecule has 1 saturated heterocycles. The van der Waals surface area contributed by atoms with E-state index in [2.05, 4.69) is 35.1 Å². The van der Waals surface area contributed by atoms with Crippen LogP contribution in [0.1, 0.15) is 43.0 Å². The van der Waals surface area contributed by atoms with Gasteiger partial charge in [-0.2, -0.15) is 0 Å². The van der Waals surface area contributed by atoms with Gasteiger partial charge >= 0.3 is 0 Å². The van der Waals surface area contributed by atoms with Crippen LogP contribution in [0.5, 0.6) is 5.88 Å². The number of aromatic nitrogens is 1. The minimum Gasteiger partial charge on any atom is -0.476 e. The highest BCUT2D eigenvalue weighted by molar-refractivity contribution is 5.35. The first-order chi connectivity index (χ1) is 10.2.